The van der Waals surface area contributed by atoms with Gasteiger partial charge in [0.2, 0.25) is 0 Å². The molecule has 1 aliphatic rings. The zero-order chi connectivity index (χ0) is 10.8. The molecule has 1 heterocycles. The lowest BCUT2D eigenvalue weighted by Gasteiger charge is -2.14. The Morgan fingerprint density at radius 2 is 1.93 bits per heavy atom. The number of rotatable bonds is 9. The van der Waals surface area contributed by atoms with Gasteiger partial charge in [-0.2, -0.15) is 0 Å². The number of nitrogens with one attached hydrogen (secondary N) is 1. The number of hydrogen-bond acceptors (Lipinski definition) is 2. The van der Waals surface area contributed by atoms with Crippen LogP contribution in [0.5, 0.6) is 0 Å². The minimum absolute atomic E-state index is 1.13. The first kappa shape index (κ1) is 13.0. The predicted molar refractivity (Wildman–Crippen MR) is 66.7 cm³/mol. The average Bonchev–Trinajstić information content (AvgIpc) is 2.75. The van der Waals surface area contributed by atoms with Crippen LogP contribution in [0, 0.1) is 6.54 Å². The van der Waals surface area contributed by atoms with Crippen molar-refractivity contribution in [2.24, 2.45) is 0 Å². The average molecular weight is 211 g/mol. The van der Waals surface area contributed by atoms with Crippen molar-refractivity contribution in [3.8, 4) is 0 Å². The third-order valence-corrected chi connectivity index (χ3v) is 3.12. The molecular weight excluding hydrogens is 184 g/mol. The van der Waals surface area contributed by atoms with Crippen LogP contribution >= 0.6 is 0 Å². The molecule has 0 amide bonds. The molecule has 1 saturated heterocycles. The van der Waals surface area contributed by atoms with Gasteiger partial charge in [0.05, 0.1) is 0 Å². The van der Waals surface area contributed by atoms with E-state index in [1.54, 1.807) is 0 Å². The van der Waals surface area contributed by atoms with Crippen LogP contribution < -0.4 is 5.32 Å². The van der Waals surface area contributed by atoms with Gasteiger partial charge >= 0.3 is 0 Å². The number of nitrogens with zero attached hydrogens (tertiary/aromatic N) is 1. The van der Waals surface area contributed by atoms with E-state index in [4.69, 9.17) is 0 Å². The molecule has 1 aliphatic heterocycles. The molecule has 1 N–H and O–H groups in total. The Kier molecular flexibility index (Phi) is 7.94. The van der Waals surface area contributed by atoms with E-state index in [-0.39, 0.29) is 0 Å². The van der Waals surface area contributed by atoms with Crippen LogP contribution in [0.3, 0.4) is 0 Å². The third-order valence-electron chi connectivity index (χ3n) is 3.12. The molecular formula is C13H27N2. The van der Waals surface area contributed by atoms with Gasteiger partial charge in [0.1, 0.15) is 0 Å². The SMILES string of the molecule is CCCCCC[CH]NCCN1CCCC1. The molecule has 2 heteroatoms. The van der Waals surface area contributed by atoms with E-state index in [2.05, 4.69) is 23.7 Å². The molecule has 0 aromatic carbocycles. The van der Waals surface area contributed by atoms with E-state index in [9.17, 15) is 0 Å². The Bertz CT molecular complexity index is 130. The summed E-state index contributed by atoms with van der Waals surface area (Å²) in [7, 11) is 0. The minimum Gasteiger partial charge on any atom is -0.311 e. The van der Waals surface area contributed by atoms with E-state index in [0.717, 1.165) is 6.54 Å². The van der Waals surface area contributed by atoms with E-state index >= 15 is 0 Å². The van der Waals surface area contributed by atoms with E-state index in [1.807, 2.05) is 0 Å². The zero-order valence-electron chi connectivity index (χ0n) is 10.3. The second kappa shape index (κ2) is 9.17. The molecule has 0 aromatic rings. The smallest absolute Gasteiger partial charge is 0.0221 e. The molecule has 0 unspecified atom stereocenters. The highest BCUT2D eigenvalue weighted by molar-refractivity contribution is 4.69. The summed E-state index contributed by atoms with van der Waals surface area (Å²) in [5, 5.41) is 3.42. The van der Waals surface area contributed by atoms with Gasteiger partial charge in [-0.05, 0) is 32.4 Å². The molecule has 1 fully saturated rings. The molecule has 0 aromatic heterocycles. The lowest BCUT2D eigenvalue weighted by atomic mass is 10.1. The molecule has 0 spiro atoms. The summed E-state index contributed by atoms with van der Waals surface area (Å²) in [6.07, 6.45) is 9.51. The van der Waals surface area contributed by atoms with Crippen molar-refractivity contribution in [2.45, 2.75) is 51.9 Å². The largest absolute Gasteiger partial charge is 0.311 e. The summed E-state index contributed by atoms with van der Waals surface area (Å²) in [6, 6.07) is 0. The van der Waals surface area contributed by atoms with Gasteiger partial charge in [-0.1, -0.05) is 32.6 Å². The van der Waals surface area contributed by atoms with E-state index < -0.39 is 0 Å². The van der Waals surface area contributed by atoms with E-state index in [1.165, 1.54) is 64.6 Å². The van der Waals surface area contributed by atoms with E-state index in [0.29, 0.717) is 0 Å². The maximum atomic E-state index is 3.42. The molecule has 1 rings (SSSR count). The Hall–Kier alpha value is -0.0800. The van der Waals surface area contributed by atoms with Crippen LogP contribution in [-0.4, -0.2) is 31.1 Å². The molecule has 0 atom stereocenters. The van der Waals surface area contributed by atoms with Gasteiger partial charge in [-0.15, -0.1) is 0 Å². The fourth-order valence-electron chi connectivity index (χ4n) is 2.11. The summed E-state index contributed by atoms with van der Waals surface area (Å²) >= 11 is 0. The lowest BCUT2D eigenvalue weighted by Crippen LogP contribution is -2.28. The maximum absolute atomic E-state index is 3.42. The van der Waals surface area contributed by atoms with Crippen LogP contribution in [0.15, 0.2) is 0 Å². The van der Waals surface area contributed by atoms with Gasteiger partial charge in [0.25, 0.3) is 0 Å². The summed E-state index contributed by atoms with van der Waals surface area (Å²) in [4.78, 5) is 2.55. The Balaban J connectivity index is 1.73. The van der Waals surface area contributed by atoms with Crippen LogP contribution in [0.4, 0.5) is 0 Å². The second-order valence-corrected chi connectivity index (χ2v) is 4.56. The molecule has 89 valence electrons. The van der Waals surface area contributed by atoms with Crippen LogP contribution in [0.1, 0.15) is 51.9 Å². The van der Waals surface area contributed by atoms with Gasteiger partial charge in [-0.25, -0.2) is 0 Å². The normalized spacial score (nSPS) is 17.4. The highest BCUT2D eigenvalue weighted by atomic mass is 15.1. The van der Waals surface area contributed by atoms with Crippen molar-refractivity contribution >= 4 is 0 Å². The maximum Gasteiger partial charge on any atom is 0.0221 e. The van der Waals surface area contributed by atoms with Gasteiger partial charge in [-0.3, -0.25) is 0 Å². The summed E-state index contributed by atoms with van der Waals surface area (Å²) in [5.41, 5.74) is 0. The molecule has 0 bridgehead atoms. The first-order valence-electron chi connectivity index (χ1n) is 6.71. The Morgan fingerprint density at radius 1 is 1.13 bits per heavy atom. The van der Waals surface area contributed by atoms with Crippen LogP contribution in [0.25, 0.3) is 0 Å². The third kappa shape index (κ3) is 6.91. The fraction of sp³-hybridized carbons (Fsp3) is 0.923. The predicted octanol–water partition coefficient (Wildman–Crippen LogP) is 2.80. The van der Waals surface area contributed by atoms with Crippen LogP contribution in [-0.2, 0) is 0 Å². The quantitative estimate of drug-likeness (QED) is 0.590. The van der Waals surface area contributed by atoms with Crippen molar-refractivity contribution in [1.29, 1.82) is 0 Å². The minimum atomic E-state index is 1.13. The van der Waals surface area contributed by atoms with Crippen LogP contribution in [0.2, 0.25) is 0 Å². The monoisotopic (exact) mass is 211 g/mol. The summed E-state index contributed by atoms with van der Waals surface area (Å²) < 4.78 is 0. The van der Waals surface area contributed by atoms with Crippen molar-refractivity contribution in [2.75, 3.05) is 26.2 Å². The Morgan fingerprint density at radius 3 is 2.67 bits per heavy atom. The van der Waals surface area contributed by atoms with Crippen molar-refractivity contribution in [3.05, 3.63) is 6.54 Å². The molecule has 1 radical (unpaired) electrons. The van der Waals surface area contributed by atoms with Crippen molar-refractivity contribution in [1.82, 2.24) is 10.2 Å². The second-order valence-electron chi connectivity index (χ2n) is 4.56. The first-order chi connectivity index (χ1) is 7.43. The number of likely N-dealkylation sites (tertiary alicyclic amines) is 1. The highest BCUT2D eigenvalue weighted by Crippen LogP contribution is 2.06. The van der Waals surface area contributed by atoms with Gasteiger partial charge in [0, 0.05) is 19.6 Å². The summed E-state index contributed by atoms with van der Waals surface area (Å²) in [6.45, 7) is 9.51. The van der Waals surface area contributed by atoms with Gasteiger partial charge < -0.3 is 10.2 Å². The molecule has 15 heavy (non-hydrogen) atoms. The summed E-state index contributed by atoms with van der Waals surface area (Å²) in [5.74, 6) is 0. The fourth-order valence-corrected chi connectivity index (χ4v) is 2.11. The van der Waals surface area contributed by atoms with Crippen molar-refractivity contribution < 1.29 is 0 Å². The number of hydrogen-bond donors (Lipinski definition) is 1. The molecule has 0 saturated carbocycles. The zero-order valence-corrected chi connectivity index (χ0v) is 10.3. The Labute approximate surface area is 95.4 Å². The highest BCUT2D eigenvalue weighted by Gasteiger charge is 2.09. The van der Waals surface area contributed by atoms with Crippen molar-refractivity contribution in [3.63, 3.8) is 0 Å². The molecule has 2 nitrogen and oxygen atoms in total. The number of unbranched alkanes of at least 4 members (excludes halogenated alkanes) is 4. The topological polar surface area (TPSA) is 15.3 Å². The molecule has 0 aliphatic carbocycles. The first-order valence-corrected chi connectivity index (χ1v) is 6.71. The lowest BCUT2D eigenvalue weighted by molar-refractivity contribution is 0.339. The standard InChI is InChI=1S/C13H27N2/c1-2-3-4-5-6-9-14-10-13-15-11-7-8-12-15/h9,14H,2-8,10-13H2,1H3. The van der Waals surface area contributed by atoms with Gasteiger partial charge in [0.15, 0.2) is 0 Å².